The molecule has 0 spiro atoms. The van der Waals surface area contributed by atoms with Crippen LogP contribution in [0.15, 0.2) is 0 Å². The van der Waals surface area contributed by atoms with Crippen LogP contribution < -0.4 is 5.32 Å². The van der Waals surface area contributed by atoms with Crippen LogP contribution in [0.25, 0.3) is 0 Å². The van der Waals surface area contributed by atoms with Gasteiger partial charge < -0.3 is 10.4 Å². The van der Waals surface area contributed by atoms with Crippen LogP contribution in [-0.4, -0.2) is 38.8 Å². The van der Waals surface area contributed by atoms with Crippen LogP contribution >= 0.6 is 0 Å². The molecule has 1 heterocycles. The predicted molar refractivity (Wildman–Crippen MR) is 52.4 cm³/mol. The second kappa shape index (κ2) is 3.98. The SMILES string of the molecule is CC(CO)NC(=O)c1n[nH]c(C2CC2)n1. The Hall–Kier alpha value is -1.43. The molecule has 1 aromatic heterocycles. The highest BCUT2D eigenvalue weighted by atomic mass is 16.3. The molecule has 1 fully saturated rings. The minimum absolute atomic E-state index is 0.0916. The Morgan fingerprint density at radius 2 is 2.47 bits per heavy atom. The largest absolute Gasteiger partial charge is 0.394 e. The van der Waals surface area contributed by atoms with Crippen molar-refractivity contribution in [3.05, 3.63) is 11.6 Å². The summed E-state index contributed by atoms with van der Waals surface area (Å²) in [4.78, 5) is 15.6. The number of H-pyrrole nitrogens is 1. The van der Waals surface area contributed by atoms with Gasteiger partial charge in [0.05, 0.1) is 6.61 Å². The average Bonchev–Trinajstić information content (AvgIpc) is 2.96. The van der Waals surface area contributed by atoms with Gasteiger partial charge in [0.15, 0.2) is 0 Å². The fraction of sp³-hybridized carbons (Fsp3) is 0.667. The van der Waals surface area contributed by atoms with Gasteiger partial charge in [-0.15, -0.1) is 5.10 Å². The maximum absolute atomic E-state index is 11.5. The van der Waals surface area contributed by atoms with Crippen molar-refractivity contribution in [2.75, 3.05) is 6.61 Å². The number of carbonyl (C=O) groups is 1. The number of carbonyl (C=O) groups excluding carboxylic acids is 1. The Morgan fingerprint density at radius 1 is 1.73 bits per heavy atom. The molecule has 6 heteroatoms. The van der Waals surface area contributed by atoms with Gasteiger partial charge in [0, 0.05) is 12.0 Å². The first-order valence-corrected chi connectivity index (χ1v) is 5.04. The van der Waals surface area contributed by atoms with Crippen LogP contribution in [0.1, 0.15) is 42.1 Å². The van der Waals surface area contributed by atoms with Crippen molar-refractivity contribution < 1.29 is 9.90 Å². The molecule has 0 aromatic carbocycles. The number of hydrogen-bond donors (Lipinski definition) is 3. The van der Waals surface area contributed by atoms with Crippen molar-refractivity contribution in [2.45, 2.75) is 31.7 Å². The maximum Gasteiger partial charge on any atom is 0.291 e. The molecular weight excluding hydrogens is 196 g/mol. The molecule has 15 heavy (non-hydrogen) atoms. The molecule has 0 saturated heterocycles. The van der Waals surface area contributed by atoms with Crippen LogP contribution in [-0.2, 0) is 0 Å². The number of aliphatic hydroxyl groups excluding tert-OH is 1. The van der Waals surface area contributed by atoms with Crippen LogP contribution in [0.3, 0.4) is 0 Å². The van der Waals surface area contributed by atoms with E-state index >= 15 is 0 Å². The van der Waals surface area contributed by atoms with E-state index in [0.29, 0.717) is 5.92 Å². The first-order chi connectivity index (χ1) is 7.20. The van der Waals surface area contributed by atoms with E-state index in [9.17, 15) is 4.79 Å². The summed E-state index contributed by atoms with van der Waals surface area (Å²) in [7, 11) is 0. The summed E-state index contributed by atoms with van der Waals surface area (Å²) in [6.07, 6.45) is 2.23. The number of aromatic amines is 1. The number of amides is 1. The van der Waals surface area contributed by atoms with Gasteiger partial charge in [-0.25, -0.2) is 4.98 Å². The van der Waals surface area contributed by atoms with Gasteiger partial charge in [-0.3, -0.25) is 9.89 Å². The first-order valence-electron chi connectivity index (χ1n) is 5.04. The molecule has 1 amide bonds. The second-order valence-electron chi connectivity index (χ2n) is 3.88. The normalized spacial score (nSPS) is 17.5. The van der Waals surface area contributed by atoms with Crippen molar-refractivity contribution in [2.24, 2.45) is 0 Å². The summed E-state index contributed by atoms with van der Waals surface area (Å²) in [6.45, 7) is 1.62. The molecule has 1 aliphatic rings. The van der Waals surface area contributed by atoms with Crippen LogP contribution in [0.2, 0.25) is 0 Å². The second-order valence-corrected chi connectivity index (χ2v) is 3.88. The van der Waals surface area contributed by atoms with Gasteiger partial charge in [0.1, 0.15) is 5.82 Å². The molecule has 0 bridgehead atoms. The lowest BCUT2D eigenvalue weighted by Gasteiger charge is -2.07. The smallest absolute Gasteiger partial charge is 0.291 e. The van der Waals surface area contributed by atoms with E-state index in [4.69, 9.17) is 5.11 Å². The van der Waals surface area contributed by atoms with Crippen molar-refractivity contribution in [3.63, 3.8) is 0 Å². The van der Waals surface area contributed by atoms with Gasteiger partial charge in [-0.1, -0.05) is 0 Å². The lowest BCUT2D eigenvalue weighted by molar-refractivity contribution is 0.0912. The first kappa shape index (κ1) is 10.1. The quantitative estimate of drug-likeness (QED) is 0.641. The fourth-order valence-corrected chi connectivity index (χ4v) is 1.25. The molecule has 0 radical (unpaired) electrons. The van der Waals surface area contributed by atoms with E-state index in [1.54, 1.807) is 6.92 Å². The Morgan fingerprint density at radius 3 is 3.07 bits per heavy atom. The highest BCUT2D eigenvalue weighted by molar-refractivity contribution is 5.90. The summed E-state index contributed by atoms with van der Waals surface area (Å²) in [5.41, 5.74) is 0. The van der Waals surface area contributed by atoms with Gasteiger partial charge in [-0.2, -0.15) is 0 Å². The van der Waals surface area contributed by atoms with E-state index in [1.807, 2.05) is 0 Å². The van der Waals surface area contributed by atoms with Gasteiger partial charge in [-0.05, 0) is 19.8 Å². The number of aromatic nitrogens is 3. The number of rotatable bonds is 4. The zero-order valence-corrected chi connectivity index (χ0v) is 8.53. The summed E-state index contributed by atoms with van der Waals surface area (Å²) < 4.78 is 0. The third-order valence-electron chi connectivity index (χ3n) is 2.32. The van der Waals surface area contributed by atoms with E-state index in [-0.39, 0.29) is 24.4 Å². The van der Waals surface area contributed by atoms with Crippen molar-refractivity contribution in [1.82, 2.24) is 20.5 Å². The Kier molecular flexibility index (Phi) is 2.68. The predicted octanol–water partition coefficient (Wildman–Crippen LogP) is -0.207. The molecular formula is C9H14N4O2. The zero-order chi connectivity index (χ0) is 10.8. The van der Waals surface area contributed by atoms with Crippen molar-refractivity contribution in [1.29, 1.82) is 0 Å². The monoisotopic (exact) mass is 210 g/mol. The van der Waals surface area contributed by atoms with E-state index in [0.717, 1.165) is 18.7 Å². The van der Waals surface area contributed by atoms with Gasteiger partial charge >= 0.3 is 0 Å². The minimum atomic E-state index is -0.347. The zero-order valence-electron chi connectivity index (χ0n) is 8.53. The third kappa shape index (κ3) is 2.33. The number of hydrogen-bond acceptors (Lipinski definition) is 4. The van der Waals surface area contributed by atoms with E-state index in [2.05, 4.69) is 20.5 Å². The molecule has 2 rings (SSSR count). The number of nitrogens with zero attached hydrogens (tertiary/aromatic N) is 2. The minimum Gasteiger partial charge on any atom is -0.394 e. The summed E-state index contributed by atoms with van der Waals surface area (Å²) in [5.74, 6) is 1.04. The molecule has 1 saturated carbocycles. The molecule has 1 atom stereocenters. The highest BCUT2D eigenvalue weighted by Gasteiger charge is 2.28. The van der Waals surface area contributed by atoms with Gasteiger partial charge in [0.25, 0.3) is 5.91 Å². The molecule has 3 N–H and O–H groups in total. The van der Waals surface area contributed by atoms with Gasteiger partial charge in [0.2, 0.25) is 5.82 Å². The number of nitrogens with one attached hydrogen (secondary N) is 2. The molecule has 82 valence electrons. The molecule has 1 aromatic rings. The standard InChI is InChI=1S/C9H14N4O2/c1-5(4-14)10-9(15)8-11-7(12-13-8)6-2-3-6/h5-6,14H,2-4H2,1H3,(H,10,15)(H,11,12,13). The molecule has 1 unspecified atom stereocenters. The fourth-order valence-electron chi connectivity index (χ4n) is 1.25. The summed E-state index contributed by atoms with van der Waals surface area (Å²) >= 11 is 0. The van der Waals surface area contributed by atoms with Crippen LogP contribution in [0.5, 0.6) is 0 Å². The van der Waals surface area contributed by atoms with Crippen LogP contribution in [0, 0.1) is 0 Å². The Balaban J connectivity index is 1.98. The number of aliphatic hydroxyl groups is 1. The Bertz CT molecular complexity index is 359. The lowest BCUT2D eigenvalue weighted by atomic mass is 10.3. The third-order valence-corrected chi connectivity index (χ3v) is 2.32. The average molecular weight is 210 g/mol. The highest BCUT2D eigenvalue weighted by Crippen LogP contribution is 2.37. The van der Waals surface area contributed by atoms with Crippen LogP contribution in [0.4, 0.5) is 0 Å². The topological polar surface area (TPSA) is 90.9 Å². The van der Waals surface area contributed by atoms with E-state index < -0.39 is 0 Å². The van der Waals surface area contributed by atoms with E-state index in [1.165, 1.54) is 0 Å². The summed E-state index contributed by atoms with van der Waals surface area (Å²) in [6, 6.07) is -0.277. The van der Waals surface area contributed by atoms with Crippen molar-refractivity contribution in [3.8, 4) is 0 Å². The summed E-state index contributed by atoms with van der Waals surface area (Å²) in [5, 5.41) is 17.9. The molecule has 6 nitrogen and oxygen atoms in total. The molecule has 0 aliphatic heterocycles. The molecule has 1 aliphatic carbocycles. The maximum atomic E-state index is 11.5. The van der Waals surface area contributed by atoms with Crippen molar-refractivity contribution >= 4 is 5.91 Å². The lowest BCUT2D eigenvalue weighted by Crippen LogP contribution is -2.35. The Labute approximate surface area is 87.1 Å².